The van der Waals surface area contributed by atoms with Gasteiger partial charge in [-0.3, -0.25) is 0 Å². The van der Waals surface area contributed by atoms with Crippen molar-refractivity contribution in [2.45, 2.75) is 36.7 Å². The van der Waals surface area contributed by atoms with Crippen molar-refractivity contribution in [3.63, 3.8) is 0 Å². The van der Waals surface area contributed by atoms with Gasteiger partial charge >= 0.3 is 5.97 Å². The minimum atomic E-state index is -1.08. The second-order valence-electron chi connectivity index (χ2n) is 4.48. The largest absolute Gasteiger partial charge is 0.476 e. The zero-order chi connectivity index (χ0) is 14.7. The third-order valence-corrected chi connectivity index (χ3v) is 3.36. The molecule has 1 N–H and O–H groups in total. The van der Waals surface area contributed by atoms with E-state index in [9.17, 15) is 9.90 Å². The summed E-state index contributed by atoms with van der Waals surface area (Å²) in [7, 11) is 0. The quantitative estimate of drug-likeness (QED) is 0.865. The molecule has 104 valence electrons. The van der Waals surface area contributed by atoms with Crippen LogP contribution in [-0.2, 0) is 0 Å². The number of hydrogen-bond donors (Lipinski definition) is 1. The van der Waals surface area contributed by atoms with Crippen LogP contribution in [0.2, 0.25) is 0 Å². The highest BCUT2D eigenvalue weighted by molar-refractivity contribution is 7.99. The van der Waals surface area contributed by atoms with Crippen LogP contribution in [0, 0.1) is 6.92 Å². The van der Waals surface area contributed by atoms with Gasteiger partial charge in [0.1, 0.15) is 5.82 Å². The average molecular weight is 290 g/mol. The lowest BCUT2D eigenvalue weighted by molar-refractivity contribution is 0.0685. The molecule has 20 heavy (non-hydrogen) atoms. The summed E-state index contributed by atoms with van der Waals surface area (Å²) in [5.41, 5.74) is 0.804. The van der Waals surface area contributed by atoms with E-state index >= 15 is 0 Å². The summed E-state index contributed by atoms with van der Waals surface area (Å²) in [6.45, 7) is 5.68. The lowest BCUT2D eigenvalue weighted by Crippen LogP contribution is -2.08. The molecular formula is C13H14N4O2S. The Morgan fingerprint density at radius 3 is 2.65 bits per heavy atom. The van der Waals surface area contributed by atoms with Crippen LogP contribution in [0.1, 0.15) is 41.8 Å². The monoisotopic (exact) mass is 290 g/mol. The maximum Gasteiger partial charge on any atom is 0.355 e. The lowest BCUT2D eigenvalue weighted by atomic mass is 10.2. The fraction of sp³-hybridized carbons (Fsp3) is 0.308. The number of carboxylic acid groups (broad SMARTS) is 1. The van der Waals surface area contributed by atoms with Gasteiger partial charge in [-0.15, -0.1) is 0 Å². The minimum Gasteiger partial charge on any atom is -0.476 e. The molecular weight excluding hydrogens is 276 g/mol. The van der Waals surface area contributed by atoms with E-state index in [0.29, 0.717) is 15.9 Å². The van der Waals surface area contributed by atoms with E-state index in [1.54, 1.807) is 12.3 Å². The molecule has 2 rings (SSSR count). The number of aryl methyl sites for hydroxylation is 1. The number of rotatable bonds is 4. The summed E-state index contributed by atoms with van der Waals surface area (Å²) in [5, 5.41) is 9.74. The van der Waals surface area contributed by atoms with Crippen LogP contribution >= 0.6 is 11.8 Å². The van der Waals surface area contributed by atoms with Crippen molar-refractivity contribution in [3.05, 3.63) is 35.7 Å². The summed E-state index contributed by atoms with van der Waals surface area (Å²) in [4.78, 5) is 28.4. The molecule has 0 spiro atoms. The highest BCUT2D eigenvalue weighted by Gasteiger charge is 2.17. The van der Waals surface area contributed by atoms with Crippen LogP contribution in [0.3, 0.4) is 0 Å². The van der Waals surface area contributed by atoms with Gasteiger partial charge in [0.05, 0.1) is 4.90 Å². The Balaban J connectivity index is 2.38. The molecule has 2 heterocycles. The molecule has 0 aromatic carbocycles. The molecule has 0 bridgehead atoms. The summed E-state index contributed by atoms with van der Waals surface area (Å²) in [6.07, 6.45) is 3.15. The van der Waals surface area contributed by atoms with Crippen molar-refractivity contribution >= 4 is 17.7 Å². The highest BCUT2D eigenvalue weighted by Crippen LogP contribution is 2.27. The number of aromatic nitrogens is 4. The average Bonchev–Trinajstić information content (AvgIpc) is 2.38. The van der Waals surface area contributed by atoms with Gasteiger partial charge in [0.15, 0.2) is 10.9 Å². The van der Waals surface area contributed by atoms with E-state index in [1.165, 1.54) is 6.20 Å². The zero-order valence-electron chi connectivity index (χ0n) is 11.4. The molecule has 0 aliphatic rings. The number of carboxylic acids is 1. The first kappa shape index (κ1) is 14.4. The van der Waals surface area contributed by atoms with Crippen molar-refractivity contribution in [2.24, 2.45) is 0 Å². The maximum atomic E-state index is 11.3. The summed E-state index contributed by atoms with van der Waals surface area (Å²) >= 11 is 1.15. The zero-order valence-corrected chi connectivity index (χ0v) is 12.2. The molecule has 0 saturated carbocycles. The van der Waals surface area contributed by atoms with Crippen LogP contribution in [0.15, 0.2) is 28.5 Å². The molecule has 0 radical (unpaired) electrons. The second-order valence-corrected chi connectivity index (χ2v) is 5.49. The van der Waals surface area contributed by atoms with Crippen LogP contribution in [0.4, 0.5) is 0 Å². The maximum absolute atomic E-state index is 11.3. The van der Waals surface area contributed by atoms with Crippen LogP contribution < -0.4 is 0 Å². The molecule has 6 nitrogen and oxygen atoms in total. The topological polar surface area (TPSA) is 88.9 Å². The Morgan fingerprint density at radius 1 is 1.30 bits per heavy atom. The fourth-order valence-electron chi connectivity index (χ4n) is 1.46. The van der Waals surface area contributed by atoms with Gasteiger partial charge in [-0.25, -0.2) is 24.7 Å². The molecule has 0 aliphatic carbocycles. The molecule has 0 atom stereocenters. The molecule has 0 amide bonds. The predicted molar refractivity (Wildman–Crippen MR) is 74.0 cm³/mol. The second kappa shape index (κ2) is 5.96. The molecule has 7 heteroatoms. The molecule has 2 aromatic rings. The number of carbonyl (C=O) groups is 1. The first-order valence-corrected chi connectivity index (χ1v) is 6.86. The Hall–Kier alpha value is -2.02. The van der Waals surface area contributed by atoms with Gasteiger partial charge in [0.25, 0.3) is 0 Å². The smallest absolute Gasteiger partial charge is 0.355 e. The summed E-state index contributed by atoms with van der Waals surface area (Å²) < 4.78 is 0. The first-order valence-electron chi connectivity index (χ1n) is 6.05. The van der Waals surface area contributed by atoms with E-state index < -0.39 is 5.97 Å². The van der Waals surface area contributed by atoms with Crippen molar-refractivity contribution in [3.8, 4) is 0 Å². The standard InChI is InChI=1S/C13H14N4O2S/c1-7(2)11-15-6-9(10(17-11)12(18)19)20-13-14-5-4-8(3)16-13/h4-7H,1-3H3,(H,18,19). The van der Waals surface area contributed by atoms with Crippen molar-refractivity contribution in [1.29, 1.82) is 0 Å². The van der Waals surface area contributed by atoms with Crippen LogP contribution in [0.5, 0.6) is 0 Å². The van der Waals surface area contributed by atoms with E-state index in [0.717, 1.165) is 17.5 Å². The minimum absolute atomic E-state index is 0.0150. The highest BCUT2D eigenvalue weighted by atomic mass is 32.2. The molecule has 2 aromatic heterocycles. The number of nitrogens with zero attached hydrogens (tertiary/aromatic N) is 4. The van der Waals surface area contributed by atoms with Crippen LogP contribution in [-0.4, -0.2) is 31.0 Å². The van der Waals surface area contributed by atoms with Crippen molar-refractivity contribution < 1.29 is 9.90 Å². The number of aromatic carboxylic acids is 1. The van der Waals surface area contributed by atoms with Crippen LogP contribution in [0.25, 0.3) is 0 Å². The first-order chi connectivity index (χ1) is 9.47. The predicted octanol–water partition coefficient (Wildman–Crippen LogP) is 2.55. The van der Waals surface area contributed by atoms with Gasteiger partial charge < -0.3 is 5.11 Å². The van der Waals surface area contributed by atoms with E-state index in [1.807, 2.05) is 20.8 Å². The van der Waals surface area contributed by atoms with Gasteiger partial charge in [-0.2, -0.15) is 0 Å². The van der Waals surface area contributed by atoms with Gasteiger partial charge in [0, 0.05) is 24.0 Å². The SMILES string of the molecule is Cc1ccnc(Sc2cnc(C(C)C)nc2C(=O)O)n1. The molecule has 0 fully saturated rings. The molecule has 0 unspecified atom stereocenters. The molecule has 0 saturated heterocycles. The normalized spacial score (nSPS) is 10.8. The Kier molecular flexibility index (Phi) is 4.29. The van der Waals surface area contributed by atoms with Crippen molar-refractivity contribution in [1.82, 2.24) is 19.9 Å². The fourth-order valence-corrected chi connectivity index (χ4v) is 2.30. The van der Waals surface area contributed by atoms with Crippen molar-refractivity contribution in [2.75, 3.05) is 0 Å². The third kappa shape index (κ3) is 3.30. The third-order valence-electron chi connectivity index (χ3n) is 2.47. The van der Waals surface area contributed by atoms with Gasteiger partial charge in [-0.05, 0) is 24.8 Å². The van der Waals surface area contributed by atoms with Gasteiger partial charge in [0.2, 0.25) is 0 Å². The molecule has 0 aliphatic heterocycles. The van der Waals surface area contributed by atoms with E-state index in [-0.39, 0.29) is 11.6 Å². The summed E-state index contributed by atoms with van der Waals surface area (Å²) in [5.74, 6) is -0.497. The Bertz CT molecular complexity index is 646. The van der Waals surface area contributed by atoms with E-state index in [4.69, 9.17) is 0 Å². The van der Waals surface area contributed by atoms with Gasteiger partial charge in [-0.1, -0.05) is 13.8 Å². The lowest BCUT2D eigenvalue weighted by Gasteiger charge is -2.08. The number of hydrogen-bond acceptors (Lipinski definition) is 6. The van der Waals surface area contributed by atoms with E-state index in [2.05, 4.69) is 19.9 Å². The summed E-state index contributed by atoms with van der Waals surface area (Å²) in [6, 6.07) is 1.78. The Labute approximate surface area is 120 Å². The Morgan fingerprint density at radius 2 is 2.05 bits per heavy atom.